The summed E-state index contributed by atoms with van der Waals surface area (Å²) in [4.78, 5) is 2.34. The van der Waals surface area contributed by atoms with E-state index in [-0.39, 0.29) is 0 Å². The normalized spacial score (nSPS) is 20.2. The van der Waals surface area contributed by atoms with Gasteiger partial charge < -0.3 is 9.64 Å². The van der Waals surface area contributed by atoms with Gasteiger partial charge in [0.1, 0.15) is 0 Å². The summed E-state index contributed by atoms with van der Waals surface area (Å²) < 4.78 is 5.82. The first-order valence-corrected chi connectivity index (χ1v) is 5.50. The van der Waals surface area contributed by atoms with Crippen LogP contribution in [0.25, 0.3) is 0 Å². The molecule has 0 aromatic rings. The van der Waals surface area contributed by atoms with Crippen molar-refractivity contribution in [2.75, 3.05) is 26.7 Å². The van der Waals surface area contributed by atoms with Crippen LogP contribution in [0.3, 0.4) is 0 Å². The average Bonchev–Trinajstić information content (AvgIpc) is 2.26. The molecule has 0 unspecified atom stereocenters. The quantitative estimate of drug-likeness (QED) is 0.642. The van der Waals surface area contributed by atoms with Crippen molar-refractivity contribution in [1.29, 1.82) is 0 Å². The van der Waals surface area contributed by atoms with Crippen LogP contribution in [0.15, 0.2) is 37.0 Å². The Morgan fingerprint density at radius 3 is 2.60 bits per heavy atom. The summed E-state index contributed by atoms with van der Waals surface area (Å²) >= 11 is 0. The first-order valence-electron chi connectivity index (χ1n) is 5.50. The van der Waals surface area contributed by atoms with Crippen LogP contribution < -0.4 is 0 Å². The topological polar surface area (TPSA) is 12.5 Å². The summed E-state index contributed by atoms with van der Waals surface area (Å²) in [5.41, 5.74) is 1.10. The minimum absolute atomic E-state index is 0.411. The van der Waals surface area contributed by atoms with Crippen LogP contribution in [0, 0.1) is 0 Å². The molecule has 0 radical (unpaired) electrons. The van der Waals surface area contributed by atoms with Crippen molar-refractivity contribution < 1.29 is 4.74 Å². The Labute approximate surface area is 92.9 Å². The molecule has 2 nitrogen and oxygen atoms in total. The molecular formula is C13H21NO. The Morgan fingerprint density at radius 1 is 1.40 bits per heavy atom. The van der Waals surface area contributed by atoms with Crippen LogP contribution in [-0.4, -0.2) is 37.7 Å². The van der Waals surface area contributed by atoms with Crippen molar-refractivity contribution in [3.8, 4) is 0 Å². The van der Waals surface area contributed by atoms with Gasteiger partial charge in [-0.25, -0.2) is 0 Å². The van der Waals surface area contributed by atoms with E-state index >= 15 is 0 Å². The van der Waals surface area contributed by atoms with Gasteiger partial charge in [0.2, 0.25) is 0 Å². The molecule has 84 valence electrons. The van der Waals surface area contributed by atoms with E-state index in [1.54, 1.807) is 6.08 Å². The molecule has 1 heterocycles. The maximum atomic E-state index is 5.82. The summed E-state index contributed by atoms with van der Waals surface area (Å²) in [7, 11) is 2.16. The van der Waals surface area contributed by atoms with Crippen LogP contribution in [0.5, 0.6) is 0 Å². The Kier molecular flexibility index (Phi) is 5.37. The molecule has 2 heteroatoms. The lowest BCUT2D eigenvalue weighted by Gasteiger charge is -2.28. The van der Waals surface area contributed by atoms with Crippen molar-refractivity contribution in [2.45, 2.75) is 18.9 Å². The number of rotatable bonds is 5. The van der Waals surface area contributed by atoms with Crippen molar-refractivity contribution in [2.24, 2.45) is 0 Å². The van der Waals surface area contributed by atoms with Gasteiger partial charge in [-0.15, -0.1) is 0 Å². The van der Waals surface area contributed by atoms with E-state index in [1.807, 2.05) is 12.2 Å². The van der Waals surface area contributed by atoms with Crippen LogP contribution in [0.4, 0.5) is 0 Å². The third kappa shape index (κ3) is 4.45. The van der Waals surface area contributed by atoms with Gasteiger partial charge >= 0.3 is 0 Å². The molecule has 1 saturated heterocycles. The van der Waals surface area contributed by atoms with Gasteiger partial charge in [-0.05, 0) is 25.5 Å². The molecule has 0 amide bonds. The average molecular weight is 207 g/mol. The monoisotopic (exact) mass is 207 g/mol. The maximum absolute atomic E-state index is 5.82. The van der Waals surface area contributed by atoms with Crippen LogP contribution >= 0.6 is 0 Å². The molecule has 0 aromatic carbocycles. The Hall–Kier alpha value is -0.860. The lowest BCUT2D eigenvalue weighted by molar-refractivity contribution is 0.0256. The minimum atomic E-state index is 0.411. The highest BCUT2D eigenvalue weighted by Crippen LogP contribution is 2.13. The fourth-order valence-corrected chi connectivity index (χ4v) is 1.69. The highest BCUT2D eigenvalue weighted by molar-refractivity contribution is 5.21. The SMILES string of the molecule is C=C/C=C(\C=C)COC1CCN(C)CC1. The van der Waals surface area contributed by atoms with Gasteiger partial charge in [-0.1, -0.05) is 31.4 Å². The molecule has 0 aromatic heterocycles. The number of hydrogen-bond acceptors (Lipinski definition) is 2. The van der Waals surface area contributed by atoms with Crippen molar-refractivity contribution in [1.82, 2.24) is 4.90 Å². The van der Waals surface area contributed by atoms with Gasteiger partial charge in [0.05, 0.1) is 12.7 Å². The molecule has 0 bridgehead atoms. The third-order valence-corrected chi connectivity index (χ3v) is 2.75. The molecule has 1 rings (SSSR count). The number of likely N-dealkylation sites (tertiary alicyclic amines) is 1. The van der Waals surface area contributed by atoms with Gasteiger partial charge in [0.15, 0.2) is 0 Å². The zero-order valence-electron chi connectivity index (χ0n) is 9.61. The van der Waals surface area contributed by atoms with Crippen LogP contribution in [0.1, 0.15) is 12.8 Å². The van der Waals surface area contributed by atoms with Gasteiger partial charge in [-0.2, -0.15) is 0 Å². The predicted octanol–water partition coefficient (Wildman–Crippen LogP) is 2.40. The zero-order chi connectivity index (χ0) is 11.1. The van der Waals surface area contributed by atoms with E-state index in [0.717, 1.165) is 31.5 Å². The van der Waals surface area contributed by atoms with E-state index in [4.69, 9.17) is 4.74 Å². The Morgan fingerprint density at radius 2 is 2.07 bits per heavy atom. The van der Waals surface area contributed by atoms with Crippen molar-refractivity contribution in [3.05, 3.63) is 37.0 Å². The number of piperidine rings is 1. The zero-order valence-corrected chi connectivity index (χ0v) is 9.61. The summed E-state index contributed by atoms with van der Waals surface area (Å²) in [5.74, 6) is 0. The molecule has 1 aliphatic rings. The van der Waals surface area contributed by atoms with Gasteiger partial charge in [0, 0.05) is 13.1 Å². The standard InChI is InChI=1S/C13H21NO/c1-4-6-12(5-2)11-15-13-7-9-14(3)10-8-13/h4-6,13H,1-2,7-11H2,3H3/b12-6+. The molecule has 0 saturated carbocycles. The lowest BCUT2D eigenvalue weighted by atomic mass is 10.1. The van der Waals surface area contributed by atoms with E-state index in [9.17, 15) is 0 Å². The van der Waals surface area contributed by atoms with E-state index in [1.165, 1.54) is 0 Å². The second-order valence-corrected chi connectivity index (χ2v) is 4.00. The number of nitrogens with zero attached hydrogens (tertiary/aromatic N) is 1. The fraction of sp³-hybridized carbons (Fsp3) is 0.538. The molecule has 1 aliphatic heterocycles. The van der Waals surface area contributed by atoms with Crippen LogP contribution in [-0.2, 0) is 4.74 Å². The molecule has 1 fully saturated rings. The number of ether oxygens (including phenoxy) is 1. The highest BCUT2D eigenvalue weighted by Gasteiger charge is 2.16. The summed E-state index contributed by atoms with van der Waals surface area (Å²) in [6, 6.07) is 0. The molecule has 0 spiro atoms. The van der Waals surface area contributed by atoms with E-state index in [0.29, 0.717) is 12.7 Å². The maximum Gasteiger partial charge on any atom is 0.0720 e. The summed E-state index contributed by atoms with van der Waals surface area (Å²) in [6.07, 6.45) is 8.23. The fourth-order valence-electron chi connectivity index (χ4n) is 1.69. The molecule has 0 aliphatic carbocycles. The first kappa shape index (κ1) is 12.2. The first-order chi connectivity index (χ1) is 7.26. The summed E-state index contributed by atoms with van der Waals surface area (Å²) in [6.45, 7) is 10.4. The predicted molar refractivity (Wildman–Crippen MR) is 64.9 cm³/mol. The summed E-state index contributed by atoms with van der Waals surface area (Å²) in [5, 5.41) is 0. The molecule has 0 N–H and O–H groups in total. The molecule has 15 heavy (non-hydrogen) atoms. The Bertz CT molecular complexity index is 237. The second-order valence-electron chi connectivity index (χ2n) is 4.00. The van der Waals surface area contributed by atoms with E-state index < -0.39 is 0 Å². The van der Waals surface area contributed by atoms with Gasteiger partial charge in [0.25, 0.3) is 0 Å². The number of hydrogen-bond donors (Lipinski definition) is 0. The molecular weight excluding hydrogens is 186 g/mol. The van der Waals surface area contributed by atoms with Gasteiger partial charge in [-0.3, -0.25) is 0 Å². The third-order valence-electron chi connectivity index (χ3n) is 2.75. The van der Waals surface area contributed by atoms with Crippen molar-refractivity contribution >= 4 is 0 Å². The van der Waals surface area contributed by atoms with E-state index in [2.05, 4.69) is 25.1 Å². The largest absolute Gasteiger partial charge is 0.373 e. The lowest BCUT2D eigenvalue weighted by Crippen LogP contribution is -2.34. The Balaban J connectivity index is 2.27. The second kappa shape index (κ2) is 6.59. The van der Waals surface area contributed by atoms with Crippen molar-refractivity contribution in [3.63, 3.8) is 0 Å². The smallest absolute Gasteiger partial charge is 0.0720 e. The minimum Gasteiger partial charge on any atom is -0.373 e. The van der Waals surface area contributed by atoms with Crippen LogP contribution in [0.2, 0.25) is 0 Å². The number of allylic oxidation sites excluding steroid dienone is 2. The molecule has 0 atom stereocenters. The highest BCUT2D eigenvalue weighted by atomic mass is 16.5.